The number of aromatic amines is 1. The van der Waals surface area contributed by atoms with Crippen molar-refractivity contribution in [2.75, 3.05) is 30.3 Å². The molecule has 1 spiro atoms. The zero-order valence-corrected chi connectivity index (χ0v) is 18.2. The normalized spacial score (nSPS) is 22.7. The Bertz CT molecular complexity index is 1310. The first kappa shape index (κ1) is 20.9. The van der Waals surface area contributed by atoms with Crippen LogP contribution in [0.2, 0.25) is 5.02 Å². The third-order valence-corrected chi connectivity index (χ3v) is 7.05. The highest BCUT2D eigenvalue weighted by Crippen LogP contribution is 2.41. The number of anilines is 2. The molecule has 0 amide bonds. The van der Waals surface area contributed by atoms with Gasteiger partial charge in [-0.1, -0.05) is 11.6 Å². The summed E-state index contributed by atoms with van der Waals surface area (Å²) in [6.07, 6.45) is 4.71. The molecule has 3 aromatic heterocycles. The lowest BCUT2D eigenvalue weighted by Gasteiger charge is -2.41. The minimum Gasteiger partial charge on any atom is -0.382 e. The molecule has 2 aliphatic heterocycles. The van der Waals surface area contributed by atoms with Gasteiger partial charge in [-0.3, -0.25) is 9.78 Å². The van der Waals surface area contributed by atoms with E-state index in [-0.39, 0.29) is 45.3 Å². The average molecular weight is 459 g/mol. The van der Waals surface area contributed by atoms with Crippen molar-refractivity contribution in [3.63, 3.8) is 0 Å². The summed E-state index contributed by atoms with van der Waals surface area (Å²) in [5.74, 6) is 0.605. The number of pyridine rings is 1. The third kappa shape index (κ3) is 3.15. The number of rotatable bonds is 2. The summed E-state index contributed by atoms with van der Waals surface area (Å²) >= 11 is 6.16. The standard InChI is InChI=1S/C20H23ClN8O3/c1-10-15(22)20(9-32-10)3-6-28(7-4-20)12-8-25-14-17(26-12)27-19(31)29(18(14)30)11-2-5-24-16(23)13(11)21/h2,5,8,10,15H,3-4,6-7,9,22H2,1H3,(H2,23,24)(H,26,27,31)/t10-,15+/m0/s1. The fourth-order valence-corrected chi connectivity index (χ4v) is 4.82. The number of aromatic nitrogens is 5. The zero-order chi connectivity index (χ0) is 22.6. The van der Waals surface area contributed by atoms with Gasteiger partial charge in [-0.25, -0.2) is 24.3 Å². The first-order valence-electron chi connectivity index (χ1n) is 10.4. The fraction of sp³-hybridized carbons (Fsp3) is 0.450. The Hall–Kier alpha value is -3.02. The number of nitrogens with one attached hydrogen (secondary N) is 1. The second-order valence-electron chi connectivity index (χ2n) is 8.42. The largest absolute Gasteiger partial charge is 0.382 e. The highest BCUT2D eigenvalue weighted by atomic mass is 35.5. The second-order valence-corrected chi connectivity index (χ2v) is 8.79. The molecule has 0 aliphatic carbocycles. The number of nitrogens with zero attached hydrogens (tertiary/aromatic N) is 5. The molecule has 0 radical (unpaired) electrons. The van der Waals surface area contributed by atoms with Crippen LogP contribution in [0.5, 0.6) is 0 Å². The van der Waals surface area contributed by atoms with Crippen LogP contribution in [0.1, 0.15) is 19.8 Å². The quantitative estimate of drug-likeness (QED) is 0.495. The van der Waals surface area contributed by atoms with Crippen LogP contribution in [0.4, 0.5) is 11.6 Å². The maximum atomic E-state index is 13.0. The van der Waals surface area contributed by atoms with Gasteiger partial charge in [0.05, 0.1) is 24.6 Å². The molecule has 0 unspecified atom stereocenters. The lowest BCUT2D eigenvalue weighted by atomic mass is 9.73. The molecule has 5 heterocycles. The van der Waals surface area contributed by atoms with E-state index in [1.54, 1.807) is 6.20 Å². The van der Waals surface area contributed by atoms with Crippen molar-refractivity contribution >= 4 is 34.4 Å². The molecule has 2 aliphatic rings. The van der Waals surface area contributed by atoms with Crippen LogP contribution in [-0.4, -0.2) is 56.3 Å². The van der Waals surface area contributed by atoms with Gasteiger partial charge in [0, 0.05) is 30.7 Å². The van der Waals surface area contributed by atoms with Crippen molar-refractivity contribution in [2.24, 2.45) is 11.1 Å². The molecule has 0 aromatic carbocycles. The number of piperidine rings is 1. The highest BCUT2D eigenvalue weighted by Gasteiger charge is 2.47. The van der Waals surface area contributed by atoms with Gasteiger partial charge in [0.15, 0.2) is 11.2 Å². The lowest BCUT2D eigenvalue weighted by Crippen LogP contribution is -2.50. The molecule has 0 bridgehead atoms. The number of H-pyrrole nitrogens is 1. The predicted octanol–water partition coefficient (Wildman–Crippen LogP) is 0.432. The van der Waals surface area contributed by atoms with Gasteiger partial charge in [0.25, 0.3) is 5.56 Å². The van der Waals surface area contributed by atoms with E-state index in [4.69, 9.17) is 27.8 Å². The Labute approximate surface area is 187 Å². The Kier molecular flexibility index (Phi) is 4.91. The first-order chi connectivity index (χ1) is 15.3. The number of hydrogen-bond donors (Lipinski definition) is 3. The van der Waals surface area contributed by atoms with Gasteiger partial charge in [0.2, 0.25) is 0 Å². The minimum absolute atomic E-state index is 0.00898. The summed E-state index contributed by atoms with van der Waals surface area (Å²) < 4.78 is 6.66. The molecule has 32 heavy (non-hydrogen) atoms. The Morgan fingerprint density at radius 3 is 2.72 bits per heavy atom. The maximum absolute atomic E-state index is 13.0. The summed E-state index contributed by atoms with van der Waals surface area (Å²) in [6, 6.07) is 1.45. The third-order valence-electron chi connectivity index (χ3n) is 6.66. The minimum atomic E-state index is -0.692. The summed E-state index contributed by atoms with van der Waals surface area (Å²) in [5.41, 5.74) is 11.0. The fourth-order valence-electron chi connectivity index (χ4n) is 4.63. The molecule has 5 rings (SSSR count). The average Bonchev–Trinajstić information content (AvgIpc) is 3.05. The number of ether oxygens (including phenoxy) is 1. The van der Waals surface area contributed by atoms with E-state index in [2.05, 4.69) is 24.8 Å². The molecular formula is C20H23ClN8O3. The van der Waals surface area contributed by atoms with Gasteiger partial charge in [0.1, 0.15) is 16.7 Å². The second kappa shape index (κ2) is 7.54. The Balaban J connectivity index is 1.48. The monoisotopic (exact) mass is 458 g/mol. The summed E-state index contributed by atoms with van der Waals surface area (Å²) in [4.78, 5) is 43.1. The van der Waals surface area contributed by atoms with Crippen LogP contribution in [-0.2, 0) is 4.74 Å². The van der Waals surface area contributed by atoms with Gasteiger partial charge in [-0.15, -0.1) is 0 Å². The van der Waals surface area contributed by atoms with Crippen molar-refractivity contribution in [3.05, 3.63) is 44.3 Å². The molecule has 11 nitrogen and oxygen atoms in total. The first-order valence-corrected chi connectivity index (χ1v) is 10.7. The molecule has 5 N–H and O–H groups in total. The van der Waals surface area contributed by atoms with Crippen LogP contribution in [0, 0.1) is 5.41 Å². The Morgan fingerprint density at radius 1 is 1.28 bits per heavy atom. The van der Waals surface area contributed by atoms with Gasteiger partial charge in [-0.2, -0.15) is 0 Å². The number of halogens is 1. The summed E-state index contributed by atoms with van der Waals surface area (Å²) in [7, 11) is 0. The predicted molar refractivity (Wildman–Crippen MR) is 120 cm³/mol. The molecule has 2 atom stereocenters. The van der Waals surface area contributed by atoms with E-state index in [1.807, 2.05) is 6.92 Å². The van der Waals surface area contributed by atoms with Crippen molar-refractivity contribution in [1.82, 2.24) is 24.5 Å². The zero-order valence-electron chi connectivity index (χ0n) is 17.4. The van der Waals surface area contributed by atoms with Crippen molar-refractivity contribution < 1.29 is 4.74 Å². The van der Waals surface area contributed by atoms with Crippen molar-refractivity contribution in [1.29, 1.82) is 0 Å². The molecule has 0 saturated carbocycles. The molecule has 2 saturated heterocycles. The van der Waals surface area contributed by atoms with Gasteiger partial charge >= 0.3 is 5.69 Å². The maximum Gasteiger partial charge on any atom is 0.334 e. The molecule has 3 aromatic rings. The SMILES string of the molecule is C[C@@H]1OCC2(CCN(c3cnc4c(=O)n(-c5ccnc(N)c5Cl)c(=O)[nH]c4n3)CC2)[C@@H]1N. The van der Waals surface area contributed by atoms with Crippen LogP contribution >= 0.6 is 11.6 Å². The molecule has 2 fully saturated rings. The Morgan fingerprint density at radius 2 is 2.03 bits per heavy atom. The number of fused-ring (bicyclic) bond motifs is 1. The number of nitrogens with two attached hydrogens (primary N) is 2. The topological polar surface area (TPSA) is 158 Å². The van der Waals surface area contributed by atoms with Gasteiger partial charge < -0.3 is 21.1 Å². The number of nitrogen functional groups attached to an aromatic ring is 1. The molecular weight excluding hydrogens is 436 g/mol. The van der Waals surface area contributed by atoms with E-state index in [1.165, 1.54) is 12.3 Å². The highest BCUT2D eigenvalue weighted by molar-refractivity contribution is 6.34. The van der Waals surface area contributed by atoms with Crippen molar-refractivity contribution in [3.8, 4) is 5.69 Å². The number of hydrogen-bond acceptors (Lipinski definition) is 9. The summed E-state index contributed by atoms with van der Waals surface area (Å²) in [6.45, 7) is 4.15. The van der Waals surface area contributed by atoms with E-state index in [0.29, 0.717) is 12.4 Å². The van der Waals surface area contributed by atoms with E-state index in [9.17, 15) is 9.59 Å². The van der Waals surface area contributed by atoms with Crippen LogP contribution in [0.15, 0.2) is 28.0 Å². The van der Waals surface area contributed by atoms with Crippen molar-refractivity contribution in [2.45, 2.75) is 31.9 Å². The molecule has 12 heteroatoms. The smallest absolute Gasteiger partial charge is 0.334 e. The van der Waals surface area contributed by atoms with Crippen LogP contribution < -0.4 is 27.6 Å². The van der Waals surface area contributed by atoms with E-state index in [0.717, 1.165) is 30.5 Å². The van der Waals surface area contributed by atoms with Gasteiger partial charge in [-0.05, 0) is 25.8 Å². The summed E-state index contributed by atoms with van der Waals surface area (Å²) in [5, 5.41) is 0.00898. The van der Waals surface area contributed by atoms with E-state index < -0.39 is 11.2 Å². The molecule has 168 valence electrons. The van der Waals surface area contributed by atoms with Crippen LogP contribution in [0.3, 0.4) is 0 Å². The van der Waals surface area contributed by atoms with E-state index >= 15 is 0 Å². The lowest BCUT2D eigenvalue weighted by molar-refractivity contribution is 0.0974. The van der Waals surface area contributed by atoms with Crippen LogP contribution in [0.25, 0.3) is 16.9 Å².